The second-order valence-electron chi connectivity index (χ2n) is 5.10. The fraction of sp³-hybridized carbons (Fsp3) is 0.538. The zero-order valence-corrected chi connectivity index (χ0v) is 12.9. The van der Waals surface area contributed by atoms with Crippen LogP contribution in [0.2, 0.25) is 0 Å². The summed E-state index contributed by atoms with van der Waals surface area (Å²) < 4.78 is 2.23. The van der Waals surface area contributed by atoms with Gasteiger partial charge in [0.1, 0.15) is 0 Å². The minimum Gasteiger partial charge on any atom is -0.307 e. The van der Waals surface area contributed by atoms with Crippen molar-refractivity contribution >= 4 is 31.9 Å². The van der Waals surface area contributed by atoms with Crippen molar-refractivity contribution in [1.29, 1.82) is 0 Å². The van der Waals surface area contributed by atoms with E-state index in [1.165, 1.54) is 18.4 Å². The lowest BCUT2D eigenvalue weighted by Gasteiger charge is -2.26. The van der Waals surface area contributed by atoms with Gasteiger partial charge in [0, 0.05) is 21.0 Å². The molecule has 0 atom stereocenters. The number of rotatable bonds is 4. The van der Waals surface area contributed by atoms with Crippen LogP contribution >= 0.6 is 31.9 Å². The zero-order chi connectivity index (χ0) is 11.8. The molecule has 1 aromatic carbocycles. The smallest absolute Gasteiger partial charge is 0.0320 e. The highest BCUT2D eigenvalue weighted by atomic mass is 79.9. The molecule has 0 heterocycles. The first kappa shape index (κ1) is 12.6. The van der Waals surface area contributed by atoms with Crippen LogP contribution in [0.25, 0.3) is 0 Å². The van der Waals surface area contributed by atoms with Gasteiger partial charge in [-0.2, -0.15) is 0 Å². The number of hydrogen-bond donors (Lipinski definition) is 1. The Morgan fingerprint density at radius 1 is 1.25 bits per heavy atom. The molecular formula is C13H17Br2N. The van der Waals surface area contributed by atoms with Crippen molar-refractivity contribution in [2.24, 2.45) is 5.92 Å². The van der Waals surface area contributed by atoms with E-state index in [1.807, 2.05) is 0 Å². The van der Waals surface area contributed by atoms with Gasteiger partial charge in [-0.15, -0.1) is 0 Å². The molecule has 0 bridgehead atoms. The maximum atomic E-state index is 3.65. The quantitative estimate of drug-likeness (QED) is 0.846. The van der Waals surface area contributed by atoms with Crippen molar-refractivity contribution in [3.05, 3.63) is 32.7 Å². The minimum atomic E-state index is 0.277. The van der Waals surface area contributed by atoms with Crippen molar-refractivity contribution in [2.75, 3.05) is 0 Å². The third kappa shape index (κ3) is 3.08. The highest BCUT2D eigenvalue weighted by molar-refractivity contribution is 9.13. The van der Waals surface area contributed by atoms with Gasteiger partial charge in [-0.1, -0.05) is 6.07 Å². The lowest BCUT2D eigenvalue weighted by molar-refractivity contribution is 0.339. The third-order valence-electron chi connectivity index (χ3n) is 3.33. The van der Waals surface area contributed by atoms with Gasteiger partial charge in [0.25, 0.3) is 0 Å². The first-order valence-corrected chi connectivity index (χ1v) is 7.26. The maximum absolute atomic E-state index is 3.65. The van der Waals surface area contributed by atoms with Gasteiger partial charge in [-0.3, -0.25) is 0 Å². The average molecular weight is 347 g/mol. The second-order valence-corrected chi connectivity index (χ2v) is 6.81. The summed E-state index contributed by atoms with van der Waals surface area (Å²) in [5, 5.41) is 3.65. The highest BCUT2D eigenvalue weighted by Gasteiger charge is 2.37. The molecule has 1 N–H and O–H groups in total. The van der Waals surface area contributed by atoms with Crippen molar-refractivity contribution in [3.63, 3.8) is 0 Å². The SMILES string of the molecule is CC(C)(NCc1ccc(Br)c(Br)c1)C1CC1. The van der Waals surface area contributed by atoms with E-state index in [-0.39, 0.29) is 5.54 Å². The summed E-state index contributed by atoms with van der Waals surface area (Å²) in [5.74, 6) is 0.867. The van der Waals surface area contributed by atoms with Gasteiger partial charge in [0.15, 0.2) is 0 Å². The zero-order valence-electron chi connectivity index (χ0n) is 9.69. The molecule has 1 fully saturated rings. The fourth-order valence-electron chi connectivity index (χ4n) is 1.93. The first-order valence-electron chi connectivity index (χ1n) is 5.68. The second kappa shape index (κ2) is 4.79. The molecule has 0 spiro atoms. The maximum Gasteiger partial charge on any atom is 0.0320 e. The van der Waals surface area contributed by atoms with Crippen LogP contribution < -0.4 is 5.32 Å². The normalized spacial score (nSPS) is 16.5. The lowest BCUT2D eigenvalue weighted by Crippen LogP contribution is -2.40. The van der Waals surface area contributed by atoms with Crippen LogP contribution in [0.5, 0.6) is 0 Å². The van der Waals surface area contributed by atoms with Gasteiger partial charge < -0.3 is 5.32 Å². The van der Waals surface area contributed by atoms with E-state index in [1.54, 1.807) is 0 Å². The van der Waals surface area contributed by atoms with E-state index in [0.29, 0.717) is 0 Å². The van der Waals surface area contributed by atoms with Crippen LogP contribution in [-0.2, 0) is 6.54 Å². The molecule has 1 aliphatic carbocycles. The minimum absolute atomic E-state index is 0.277. The predicted octanol–water partition coefficient (Wildman–Crippen LogP) is 4.49. The van der Waals surface area contributed by atoms with Crippen molar-refractivity contribution in [2.45, 2.75) is 38.8 Å². The molecule has 0 aliphatic heterocycles. The van der Waals surface area contributed by atoms with Crippen molar-refractivity contribution in [3.8, 4) is 0 Å². The van der Waals surface area contributed by atoms with Gasteiger partial charge in [-0.05, 0) is 82.2 Å². The monoisotopic (exact) mass is 345 g/mol. The average Bonchev–Trinajstić information content (AvgIpc) is 3.03. The molecule has 1 nitrogen and oxygen atoms in total. The molecule has 0 amide bonds. The van der Waals surface area contributed by atoms with Gasteiger partial charge >= 0.3 is 0 Å². The van der Waals surface area contributed by atoms with Crippen LogP contribution in [-0.4, -0.2) is 5.54 Å². The molecule has 2 rings (SSSR count). The molecule has 0 aromatic heterocycles. The molecule has 1 saturated carbocycles. The van der Waals surface area contributed by atoms with E-state index in [0.717, 1.165) is 21.4 Å². The molecule has 0 unspecified atom stereocenters. The Kier molecular flexibility index (Phi) is 3.77. The van der Waals surface area contributed by atoms with Crippen molar-refractivity contribution < 1.29 is 0 Å². The van der Waals surface area contributed by atoms with E-state index >= 15 is 0 Å². The van der Waals surface area contributed by atoms with E-state index in [2.05, 4.69) is 69.2 Å². The van der Waals surface area contributed by atoms with Gasteiger partial charge in [0.2, 0.25) is 0 Å². The number of nitrogens with one attached hydrogen (secondary N) is 1. The molecule has 3 heteroatoms. The summed E-state index contributed by atoms with van der Waals surface area (Å²) in [5.41, 5.74) is 1.60. The summed E-state index contributed by atoms with van der Waals surface area (Å²) in [6, 6.07) is 6.41. The van der Waals surface area contributed by atoms with Crippen LogP contribution in [0.1, 0.15) is 32.3 Å². The third-order valence-corrected chi connectivity index (χ3v) is 5.21. The van der Waals surface area contributed by atoms with Crippen LogP contribution in [0, 0.1) is 5.92 Å². The summed E-state index contributed by atoms with van der Waals surface area (Å²) in [4.78, 5) is 0. The van der Waals surface area contributed by atoms with Crippen LogP contribution in [0.15, 0.2) is 27.1 Å². The fourth-order valence-corrected chi connectivity index (χ4v) is 2.60. The molecule has 88 valence electrons. The molecule has 1 aromatic rings. The van der Waals surface area contributed by atoms with E-state index in [4.69, 9.17) is 0 Å². The Balaban J connectivity index is 1.96. The van der Waals surface area contributed by atoms with Crippen LogP contribution in [0.4, 0.5) is 0 Å². The van der Waals surface area contributed by atoms with Gasteiger partial charge in [-0.25, -0.2) is 0 Å². The molecule has 1 aliphatic rings. The van der Waals surface area contributed by atoms with E-state index < -0.39 is 0 Å². The Bertz CT molecular complexity index is 384. The summed E-state index contributed by atoms with van der Waals surface area (Å²) >= 11 is 7.02. The van der Waals surface area contributed by atoms with E-state index in [9.17, 15) is 0 Å². The summed E-state index contributed by atoms with van der Waals surface area (Å²) in [6.45, 7) is 5.55. The largest absolute Gasteiger partial charge is 0.307 e. The molecule has 0 radical (unpaired) electrons. The highest BCUT2D eigenvalue weighted by Crippen LogP contribution is 2.39. The predicted molar refractivity (Wildman–Crippen MR) is 75.5 cm³/mol. The lowest BCUT2D eigenvalue weighted by atomic mass is 9.98. The summed E-state index contributed by atoms with van der Waals surface area (Å²) in [6.07, 6.45) is 2.76. The Labute approximate surface area is 114 Å². The molecule has 16 heavy (non-hydrogen) atoms. The Hall–Kier alpha value is 0.140. The number of halogens is 2. The standard InChI is InChI=1S/C13H17Br2N/c1-13(2,10-4-5-10)16-8-9-3-6-11(14)12(15)7-9/h3,6-7,10,16H,4-5,8H2,1-2H3. The molecular weight excluding hydrogens is 330 g/mol. The Morgan fingerprint density at radius 2 is 1.94 bits per heavy atom. The summed E-state index contributed by atoms with van der Waals surface area (Å²) in [7, 11) is 0. The Morgan fingerprint density at radius 3 is 2.50 bits per heavy atom. The van der Waals surface area contributed by atoms with Crippen LogP contribution in [0.3, 0.4) is 0 Å². The molecule has 0 saturated heterocycles. The number of hydrogen-bond acceptors (Lipinski definition) is 1. The van der Waals surface area contributed by atoms with Crippen molar-refractivity contribution in [1.82, 2.24) is 5.32 Å². The topological polar surface area (TPSA) is 12.0 Å². The first-order chi connectivity index (χ1) is 7.49. The van der Waals surface area contributed by atoms with Gasteiger partial charge in [0.05, 0.1) is 0 Å². The number of benzene rings is 1.